The monoisotopic (exact) mass is 279 g/mol. The van der Waals surface area contributed by atoms with Crippen molar-refractivity contribution < 1.29 is 9.50 Å². The van der Waals surface area contributed by atoms with E-state index in [1.54, 1.807) is 30.3 Å². The third kappa shape index (κ3) is 3.69. The summed E-state index contributed by atoms with van der Waals surface area (Å²) < 4.78 is 13.6. The molecule has 2 aromatic rings. The van der Waals surface area contributed by atoms with E-state index in [0.717, 1.165) is 5.56 Å². The van der Waals surface area contributed by atoms with Crippen LogP contribution in [0.3, 0.4) is 0 Å². The number of hydrogen-bond donors (Lipinski definition) is 2. The quantitative estimate of drug-likeness (QED) is 0.885. The van der Waals surface area contributed by atoms with Gasteiger partial charge in [-0.05, 0) is 36.8 Å². The average molecular weight is 280 g/mol. The molecule has 0 bridgehead atoms. The molecule has 2 nitrogen and oxygen atoms in total. The van der Waals surface area contributed by atoms with Gasteiger partial charge in [-0.25, -0.2) is 4.39 Å². The lowest BCUT2D eigenvalue weighted by Gasteiger charge is -2.15. The van der Waals surface area contributed by atoms with Crippen molar-refractivity contribution in [2.45, 2.75) is 19.5 Å². The van der Waals surface area contributed by atoms with Crippen LogP contribution in [0.25, 0.3) is 0 Å². The first-order valence-electron chi connectivity index (χ1n) is 6.02. The van der Waals surface area contributed by atoms with E-state index in [2.05, 4.69) is 5.32 Å². The highest BCUT2D eigenvalue weighted by molar-refractivity contribution is 6.30. The molecule has 4 heteroatoms. The smallest absolute Gasteiger partial charge is 0.129 e. The number of halogens is 2. The molecule has 0 amide bonds. The Morgan fingerprint density at radius 3 is 2.74 bits per heavy atom. The van der Waals surface area contributed by atoms with Crippen LogP contribution in [0.1, 0.15) is 24.1 Å². The van der Waals surface area contributed by atoms with Crippen LogP contribution in [0.4, 0.5) is 4.39 Å². The molecule has 0 aliphatic heterocycles. The predicted molar refractivity (Wildman–Crippen MR) is 74.8 cm³/mol. The number of hydrogen-bond acceptors (Lipinski definition) is 2. The van der Waals surface area contributed by atoms with Crippen molar-refractivity contribution in [1.29, 1.82) is 0 Å². The molecule has 0 aromatic heterocycles. The summed E-state index contributed by atoms with van der Waals surface area (Å²) in [5.74, 6) is -0.0908. The first-order valence-corrected chi connectivity index (χ1v) is 6.40. The second kappa shape index (κ2) is 6.04. The molecule has 0 spiro atoms. The second-order valence-electron chi connectivity index (χ2n) is 4.43. The Morgan fingerprint density at radius 1 is 1.26 bits per heavy atom. The highest BCUT2D eigenvalue weighted by Gasteiger charge is 2.08. The van der Waals surface area contributed by atoms with Crippen LogP contribution in [0.5, 0.6) is 5.75 Å². The second-order valence-corrected chi connectivity index (χ2v) is 4.87. The van der Waals surface area contributed by atoms with Crippen LogP contribution in [0.15, 0.2) is 42.5 Å². The zero-order chi connectivity index (χ0) is 13.8. The Balaban J connectivity index is 2.02. The molecular weight excluding hydrogens is 265 g/mol. The van der Waals surface area contributed by atoms with Crippen LogP contribution < -0.4 is 5.32 Å². The fourth-order valence-corrected chi connectivity index (χ4v) is 2.00. The van der Waals surface area contributed by atoms with Crippen LogP contribution in [-0.4, -0.2) is 5.11 Å². The van der Waals surface area contributed by atoms with Crippen molar-refractivity contribution in [2.24, 2.45) is 0 Å². The third-order valence-corrected chi connectivity index (χ3v) is 3.22. The van der Waals surface area contributed by atoms with Gasteiger partial charge in [-0.15, -0.1) is 0 Å². The summed E-state index contributed by atoms with van der Waals surface area (Å²) in [7, 11) is 0. The molecule has 0 fully saturated rings. The van der Waals surface area contributed by atoms with Gasteiger partial charge >= 0.3 is 0 Å². The molecule has 0 saturated carbocycles. The lowest BCUT2D eigenvalue weighted by molar-refractivity contribution is 0.471. The first-order chi connectivity index (χ1) is 9.06. The molecule has 19 heavy (non-hydrogen) atoms. The number of aromatic hydroxyl groups is 1. The van der Waals surface area contributed by atoms with Crippen LogP contribution in [-0.2, 0) is 6.54 Å². The maximum absolute atomic E-state index is 13.6. The van der Waals surface area contributed by atoms with E-state index in [1.807, 2.05) is 13.0 Å². The van der Waals surface area contributed by atoms with Gasteiger partial charge < -0.3 is 10.4 Å². The molecule has 1 unspecified atom stereocenters. The van der Waals surface area contributed by atoms with E-state index in [1.165, 1.54) is 6.07 Å². The Labute approximate surface area is 116 Å². The van der Waals surface area contributed by atoms with Gasteiger partial charge in [0, 0.05) is 23.2 Å². The van der Waals surface area contributed by atoms with E-state index >= 15 is 0 Å². The van der Waals surface area contributed by atoms with Crippen LogP contribution in [0.2, 0.25) is 5.02 Å². The number of rotatable bonds is 4. The Morgan fingerprint density at radius 2 is 2.05 bits per heavy atom. The Kier molecular flexibility index (Phi) is 4.40. The summed E-state index contributed by atoms with van der Waals surface area (Å²) in [5, 5.41) is 13.0. The van der Waals surface area contributed by atoms with Crippen molar-refractivity contribution in [1.82, 2.24) is 5.32 Å². The minimum Gasteiger partial charge on any atom is -0.508 e. The van der Waals surface area contributed by atoms with E-state index in [4.69, 9.17) is 11.6 Å². The Hall–Kier alpha value is -1.58. The van der Waals surface area contributed by atoms with Crippen molar-refractivity contribution in [2.75, 3.05) is 0 Å². The minimum absolute atomic E-state index is 0.0159. The molecule has 2 rings (SSSR count). The van der Waals surface area contributed by atoms with Gasteiger partial charge in [0.05, 0.1) is 0 Å². The summed E-state index contributed by atoms with van der Waals surface area (Å²) >= 11 is 5.70. The fourth-order valence-electron chi connectivity index (χ4n) is 1.84. The van der Waals surface area contributed by atoms with Crippen molar-refractivity contribution in [3.8, 4) is 5.75 Å². The SMILES string of the molecule is CC(NCc1ccc(Cl)cc1F)c1cccc(O)c1. The van der Waals surface area contributed by atoms with Gasteiger partial charge in [0.25, 0.3) is 0 Å². The topological polar surface area (TPSA) is 32.3 Å². The maximum Gasteiger partial charge on any atom is 0.129 e. The van der Waals surface area contributed by atoms with Gasteiger partial charge in [0.2, 0.25) is 0 Å². The zero-order valence-electron chi connectivity index (χ0n) is 10.5. The van der Waals surface area contributed by atoms with Crippen molar-refractivity contribution in [3.05, 3.63) is 64.4 Å². The van der Waals surface area contributed by atoms with E-state index < -0.39 is 0 Å². The zero-order valence-corrected chi connectivity index (χ0v) is 11.3. The van der Waals surface area contributed by atoms with Crippen molar-refractivity contribution >= 4 is 11.6 Å². The molecule has 0 aliphatic carbocycles. The van der Waals surface area contributed by atoms with Gasteiger partial charge in [0.15, 0.2) is 0 Å². The highest BCUT2D eigenvalue weighted by atomic mass is 35.5. The first kappa shape index (κ1) is 13.8. The van der Waals surface area contributed by atoms with Gasteiger partial charge in [-0.2, -0.15) is 0 Å². The van der Waals surface area contributed by atoms with Gasteiger partial charge in [0.1, 0.15) is 11.6 Å². The molecular formula is C15H15ClFNO. The fraction of sp³-hybridized carbons (Fsp3) is 0.200. The van der Waals surface area contributed by atoms with Gasteiger partial charge in [-0.3, -0.25) is 0 Å². The number of nitrogens with one attached hydrogen (secondary N) is 1. The van der Waals surface area contributed by atoms with E-state index in [0.29, 0.717) is 17.1 Å². The van der Waals surface area contributed by atoms with Crippen LogP contribution >= 0.6 is 11.6 Å². The summed E-state index contributed by atoms with van der Waals surface area (Å²) in [4.78, 5) is 0. The molecule has 1 atom stereocenters. The van der Waals surface area contributed by atoms with E-state index in [-0.39, 0.29) is 17.6 Å². The summed E-state index contributed by atoms with van der Waals surface area (Å²) in [5.41, 5.74) is 1.52. The molecule has 0 saturated heterocycles. The molecule has 2 aromatic carbocycles. The maximum atomic E-state index is 13.6. The summed E-state index contributed by atoms with van der Waals surface area (Å²) in [6.07, 6.45) is 0. The summed E-state index contributed by atoms with van der Waals surface area (Å²) in [6.45, 7) is 2.36. The Bertz CT molecular complexity index is 574. The third-order valence-electron chi connectivity index (χ3n) is 2.98. The van der Waals surface area contributed by atoms with Crippen molar-refractivity contribution in [3.63, 3.8) is 0 Å². The lowest BCUT2D eigenvalue weighted by atomic mass is 10.1. The predicted octanol–water partition coefficient (Wildman–Crippen LogP) is 4.04. The largest absolute Gasteiger partial charge is 0.508 e. The molecule has 100 valence electrons. The standard InChI is InChI=1S/C15H15ClFNO/c1-10(11-3-2-4-14(19)7-11)18-9-12-5-6-13(16)8-15(12)17/h2-8,10,18-19H,9H2,1H3. The molecule has 2 N–H and O–H groups in total. The normalized spacial score (nSPS) is 12.4. The summed E-state index contributed by atoms with van der Waals surface area (Å²) in [6, 6.07) is 11.7. The van der Waals surface area contributed by atoms with Crippen LogP contribution in [0, 0.1) is 5.82 Å². The number of phenols is 1. The molecule has 0 aliphatic rings. The minimum atomic E-state index is -0.317. The number of phenolic OH excluding ortho intramolecular Hbond substituents is 1. The van der Waals surface area contributed by atoms with E-state index in [9.17, 15) is 9.50 Å². The molecule has 0 heterocycles. The highest BCUT2D eigenvalue weighted by Crippen LogP contribution is 2.19. The average Bonchev–Trinajstić information content (AvgIpc) is 2.37. The van der Waals surface area contributed by atoms with Gasteiger partial charge in [-0.1, -0.05) is 29.8 Å². The lowest BCUT2D eigenvalue weighted by Crippen LogP contribution is -2.18. The molecule has 0 radical (unpaired) electrons. The number of benzene rings is 2.